The predicted octanol–water partition coefficient (Wildman–Crippen LogP) is 2.99. The van der Waals surface area contributed by atoms with E-state index in [1.54, 1.807) is 29.2 Å². The van der Waals surface area contributed by atoms with E-state index in [1.165, 1.54) is 10.5 Å². The molecule has 9 heteroatoms. The highest BCUT2D eigenvalue weighted by Gasteiger charge is 2.31. The van der Waals surface area contributed by atoms with Crippen LogP contribution in [0.1, 0.15) is 10.4 Å². The monoisotopic (exact) mass is 474 g/mol. The van der Waals surface area contributed by atoms with Gasteiger partial charge in [-0.25, -0.2) is 8.42 Å². The molecular formula is C20H19BrN4O3S. The molecule has 3 aromatic rings. The molecule has 1 fully saturated rings. The maximum Gasteiger partial charge on any atom is 0.257 e. The number of piperazine rings is 1. The molecule has 4 rings (SSSR count). The Hall–Kier alpha value is -2.49. The third-order valence-corrected chi connectivity index (χ3v) is 7.28. The second-order valence-corrected chi connectivity index (χ2v) is 9.53. The molecule has 0 spiro atoms. The summed E-state index contributed by atoms with van der Waals surface area (Å²) >= 11 is 3.31. The van der Waals surface area contributed by atoms with E-state index in [-0.39, 0.29) is 23.9 Å². The molecule has 1 aromatic heterocycles. The molecule has 1 saturated heterocycles. The summed E-state index contributed by atoms with van der Waals surface area (Å²) in [7, 11) is -3.59. The third kappa shape index (κ3) is 3.98. The van der Waals surface area contributed by atoms with Gasteiger partial charge in [-0.15, -0.1) is 0 Å². The van der Waals surface area contributed by atoms with Crippen molar-refractivity contribution in [2.24, 2.45) is 0 Å². The Balaban J connectivity index is 1.48. The highest BCUT2D eigenvalue weighted by Crippen LogP contribution is 2.24. The number of hydrogen-bond acceptors (Lipinski definition) is 4. The molecule has 0 atom stereocenters. The molecule has 0 aliphatic carbocycles. The van der Waals surface area contributed by atoms with Crippen molar-refractivity contribution >= 4 is 31.9 Å². The second-order valence-electron chi connectivity index (χ2n) is 6.68. The van der Waals surface area contributed by atoms with Crippen molar-refractivity contribution in [3.8, 4) is 11.3 Å². The summed E-state index contributed by atoms with van der Waals surface area (Å²) in [5.74, 6) is -0.155. The molecule has 1 aliphatic rings. The number of rotatable bonds is 4. The number of hydrogen-bond donors (Lipinski definition) is 1. The summed E-state index contributed by atoms with van der Waals surface area (Å²) in [4.78, 5) is 14.9. The van der Waals surface area contributed by atoms with Crippen molar-refractivity contribution in [3.05, 3.63) is 70.8 Å². The molecular weight excluding hydrogens is 456 g/mol. The molecule has 2 aromatic carbocycles. The third-order valence-electron chi connectivity index (χ3n) is 4.89. The van der Waals surface area contributed by atoms with Crippen LogP contribution in [0.15, 0.2) is 70.2 Å². The molecule has 0 saturated carbocycles. The van der Waals surface area contributed by atoms with E-state index in [0.717, 1.165) is 5.56 Å². The van der Waals surface area contributed by atoms with Gasteiger partial charge in [-0.1, -0.05) is 52.3 Å². The van der Waals surface area contributed by atoms with Gasteiger partial charge in [0.2, 0.25) is 10.0 Å². The standard InChI is InChI=1S/C20H19BrN4O3S/c21-16-7-4-8-17(13-16)29(27,28)25-11-9-24(10-12-25)20(26)18-14-22-23-19(18)15-5-2-1-3-6-15/h1-8,13-14H,9-12H2,(H,22,23). The van der Waals surface area contributed by atoms with Crippen molar-refractivity contribution in [3.63, 3.8) is 0 Å². The van der Waals surface area contributed by atoms with Crippen molar-refractivity contribution in [1.29, 1.82) is 0 Å². The number of aromatic amines is 1. The Bertz CT molecular complexity index is 1120. The van der Waals surface area contributed by atoms with Gasteiger partial charge in [0.15, 0.2) is 0 Å². The van der Waals surface area contributed by atoms with Crippen LogP contribution in [0.25, 0.3) is 11.3 Å². The van der Waals surface area contributed by atoms with Crippen LogP contribution in [0.2, 0.25) is 0 Å². The highest BCUT2D eigenvalue weighted by molar-refractivity contribution is 9.10. The summed E-state index contributed by atoms with van der Waals surface area (Å²) in [5.41, 5.74) is 2.03. The largest absolute Gasteiger partial charge is 0.336 e. The Morgan fingerprint density at radius 1 is 1.00 bits per heavy atom. The fourth-order valence-electron chi connectivity index (χ4n) is 3.35. The fraction of sp³-hybridized carbons (Fsp3) is 0.200. The van der Waals surface area contributed by atoms with Crippen molar-refractivity contribution in [1.82, 2.24) is 19.4 Å². The normalized spacial score (nSPS) is 15.4. The van der Waals surface area contributed by atoms with Crippen LogP contribution in [-0.2, 0) is 10.0 Å². The van der Waals surface area contributed by atoms with E-state index in [0.29, 0.717) is 28.8 Å². The molecule has 0 radical (unpaired) electrons. The minimum absolute atomic E-state index is 0.155. The summed E-state index contributed by atoms with van der Waals surface area (Å²) in [6.07, 6.45) is 1.52. The highest BCUT2D eigenvalue weighted by atomic mass is 79.9. The molecule has 150 valence electrons. The average Bonchev–Trinajstić information content (AvgIpc) is 3.24. The number of nitrogens with one attached hydrogen (secondary N) is 1. The van der Waals surface area contributed by atoms with Crippen LogP contribution in [0, 0.1) is 0 Å². The Labute approximate surface area is 177 Å². The van der Waals surface area contributed by atoms with Crippen LogP contribution in [0.5, 0.6) is 0 Å². The molecule has 1 aliphatic heterocycles. The minimum atomic E-state index is -3.59. The molecule has 29 heavy (non-hydrogen) atoms. The average molecular weight is 475 g/mol. The zero-order chi connectivity index (χ0) is 20.4. The lowest BCUT2D eigenvalue weighted by Crippen LogP contribution is -2.50. The number of carbonyl (C=O) groups excluding carboxylic acids is 1. The first-order chi connectivity index (χ1) is 14.0. The van der Waals surface area contributed by atoms with Gasteiger partial charge in [-0.05, 0) is 18.2 Å². The lowest BCUT2D eigenvalue weighted by atomic mass is 10.1. The second kappa shape index (κ2) is 8.10. The van der Waals surface area contributed by atoms with Crippen molar-refractivity contribution in [2.45, 2.75) is 4.90 Å². The number of amides is 1. The van der Waals surface area contributed by atoms with Crippen LogP contribution < -0.4 is 0 Å². The SMILES string of the molecule is O=C(c1cn[nH]c1-c1ccccc1)N1CCN(S(=O)(=O)c2cccc(Br)c2)CC1. The molecule has 1 amide bonds. The summed E-state index contributed by atoms with van der Waals surface area (Å²) < 4.78 is 27.9. The van der Waals surface area contributed by atoms with Crippen LogP contribution in [0.4, 0.5) is 0 Å². The number of H-pyrrole nitrogens is 1. The first-order valence-corrected chi connectivity index (χ1v) is 11.3. The van der Waals surface area contributed by atoms with Gasteiger partial charge in [0.1, 0.15) is 0 Å². The maximum absolute atomic E-state index is 13.0. The van der Waals surface area contributed by atoms with Crippen LogP contribution >= 0.6 is 15.9 Å². The Kier molecular flexibility index (Phi) is 5.53. The molecule has 7 nitrogen and oxygen atoms in total. The number of halogens is 1. The fourth-order valence-corrected chi connectivity index (χ4v) is 5.37. The van der Waals surface area contributed by atoms with Crippen molar-refractivity contribution < 1.29 is 13.2 Å². The number of sulfonamides is 1. The van der Waals surface area contributed by atoms with Gasteiger partial charge in [0.05, 0.1) is 22.3 Å². The lowest BCUT2D eigenvalue weighted by molar-refractivity contribution is 0.0698. The lowest BCUT2D eigenvalue weighted by Gasteiger charge is -2.34. The van der Waals surface area contributed by atoms with Gasteiger partial charge >= 0.3 is 0 Å². The van der Waals surface area contributed by atoms with Crippen LogP contribution in [0.3, 0.4) is 0 Å². The zero-order valence-corrected chi connectivity index (χ0v) is 17.9. The topological polar surface area (TPSA) is 86.4 Å². The molecule has 1 N–H and O–H groups in total. The van der Waals surface area contributed by atoms with E-state index >= 15 is 0 Å². The molecule has 0 unspecified atom stereocenters. The van der Waals surface area contributed by atoms with E-state index < -0.39 is 10.0 Å². The maximum atomic E-state index is 13.0. The number of nitrogens with zero attached hydrogens (tertiary/aromatic N) is 3. The minimum Gasteiger partial charge on any atom is -0.336 e. The van der Waals surface area contributed by atoms with Gasteiger partial charge in [0.25, 0.3) is 5.91 Å². The van der Waals surface area contributed by atoms with E-state index in [9.17, 15) is 13.2 Å². The van der Waals surface area contributed by atoms with E-state index in [2.05, 4.69) is 26.1 Å². The first kappa shape index (κ1) is 19.8. The van der Waals surface area contributed by atoms with Gasteiger partial charge in [0, 0.05) is 36.2 Å². The van der Waals surface area contributed by atoms with E-state index in [4.69, 9.17) is 0 Å². The van der Waals surface area contributed by atoms with Gasteiger partial charge in [-0.3, -0.25) is 9.89 Å². The number of carbonyl (C=O) groups is 1. The Morgan fingerprint density at radius 3 is 2.41 bits per heavy atom. The Morgan fingerprint density at radius 2 is 1.72 bits per heavy atom. The summed E-state index contributed by atoms with van der Waals surface area (Å²) in [6.45, 7) is 1.15. The van der Waals surface area contributed by atoms with Crippen molar-refractivity contribution in [2.75, 3.05) is 26.2 Å². The van der Waals surface area contributed by atoms with Crippen LogP contribution in [-0.4, -0.2) is 59.9 Å². The molecule has 2 heterocycles. The van der Waals surface area contributed by atoms with Gasteiger partial charge in [-0.2, -0.15) is 9.40 Å². The van der Waals surface area contributed by atoms with E-state index in [1.807, 2.05) is 30.3 Å². The predicted molar refractivity (Wildman–Crippen MR) is 113 cm³/mol. The number of aromatic nitrogens is 2. The quantitative estimate of drug-likeness (QED) is 0.629. The van der Waals surface area contributed by atoms with Gasteiger partial charge < -0.3 is 4.90 Å². The number of benzene rings is 2. The zero-order valence-electron chi connectivity index (χ0n) is 15.5. The summed E-state index contributed by atoms with van der Waals surface area (Å²) in [6, 6.07) is 16.2. The molecule has 0 bridgehead atoms. The first-order valence-electron chi connectivity index (χ1n) is 9.10. The summed E-state index contributed by atoms with van der Waals surface area (Å²) in [5, 5.41) is 6.93. The smallest absolute Gasteiger partial charge is 0.257 e.